The second-order valence-electron chi connectivity index (χ2n) is 1.93. The summed E-state index contributed by atoms with van der Waals surface area (Å²) in [5, 5.41) is 8.63. The lowest BCUT2D eigenvalue weighted by molar-refractivity contribution is 0.435. The van der Waals surface area contributed by atoms with Gasteiger partial charge in [0.05, 0.1) is 0 Å². The highest BCUT2D eigenvalue weighted by Gasteiger charge is 1.80. The van der Waals surface area contributed by atoms with E-state index >= 15 is 0 Å². The van der Waals surface area contributed by atoms with E-state index in [0.717, 1.165) is 5.57 Å². The quantitative estimate of drug-likeness (QED) is 0.406. The Morgan fingerprint density at radius 1 is 1.42 bits per heavy atom. The van der Waals surface area contributed by atoms with Gasteiger partial charge in [0.2, 0.25) is 0 Å². The van der Waals surface area contributed by atoms with E-state index in [4.69, 9.17) is 16.7 Å². The van der Waals surface area contributed by atoms with Crippen molar-refractivity contribution in [3.8, 4) is 0 Å². The first-order valence-corrected chi connectivity index (χ1v) is 4.49. The maximum atomic E-state index is 8.63. The number of halogens is 1. The highest BCUT2D eigenvalue weighted by atomic mass is 35.5. The van der Waals surface area contributed by atoms with E-state index in [2.05, 4.69) is 6.58 Å². The lowest BCUT2D eigenvalue weighted by Crippen LogP contribution is -1.72. The molecule has 0 atom stereocenters. The molecule has 0 aliphatic heterocycles. The molecule has 1 nitrogen and oxygen atoms in total. The molecule has 0 aromatic rings. The van der Waals surface area contributed by atoms with Gasteiger partial charge in [-0.3, -0.25) is 0 Å². The Morgan fingerprint density at radius 2 is 1.92 bits per heavy atom. The number of aliphatic hydroxyl groups is 1. The largest absolute Gasteiger partial charge is 0.509 e. The van der Waals surface area contributed by atoms with Gasteiger partial charge in [-0.25, -0.2) is 0 Å². The van der Waals surface area contributed by atoms with Crippen molar-refractivity contribution < 1.29 is 5.11 Å². The summed E-state index contributed by atoms with van der Waals surface area (Å²) in [4.78, 5) is 0. The second-order valence-corrected chi connectivity index (χ2v) is 2.24. The van der Waals surface area contributed by atoms with Crippen molar-refractivity contribution >= 4 is 11.6 Å². The van der Waals surface area contributed by atoms with Gasteiger partial charge in [-0.15, -0.1) is 11.6 Å². The van der Waals surface area contributed by atoms with Gasteiger partial charge in [0, 0.05) is 5.88 Å². The molecule has 70 valence electrons. The van der Waals surface area contributed by atoms with Gasteiger partial charge in [-0.05, 0) is 13.0 Å². The summed E-state index contributed by atoms with van der Waals surface area (Å²) in [5.74, 6) is 0.552. The van der Waals surface area contributed by atoms with Gasteiger partial charge in [0.1, 0.15) is 5.76 Å². The van der Waals surface area contributed by atoms with Crippen LogP contribution in [0.4, 0.5) is 0 Å². The van der Waals surface area contributed by atoms with E-state index in [1.54, 1.807) is 6.08 Å². The number of rotatable bonds is 3. The summed E-state index contributed by atoms with van der Waals surface area (Å²) in [6.45, 7) is 9.20. The molecule has 0 unspecified atom stereocenters. The summed E-state index contributed by atoms with van der Waals surface area (Å²) in [5.41, 5.74) is 1.02. The van der Waals surface area contributed by atoms with E-state index in [-0.39, 0.29) is 5.76 Å². The van der Waals surface area contributed by atoms with Crippen molar-refractivity contribution in [2.45, 2.75) is 20.8 Å². The van der Waals surface area contributed by atoms with Crippen LogP contribution < -0.4 is 0 Å². The summed E-state index contributed by atoms with van der Waals surface area (Å²) in [6.07, 6.45) is 5.13. The summed E-state index contributed by atoms with van der Waals surface area (Å²) in [7, 11) is 0. The lowest BCUT2D eigenvalue weighted by atomic mass is 10.2. The molecule has 2 heteroatoms. The smallest absolute Gasteiger partial charge is 0.108 e. The summed E-state index contributed by atoms with van der Waals surface area (Å²) in [6, 6.07) is 0. The molecule has 0 aliphatic rings. The maximum Gasteiger partial charge on any atom is 0.108 e. The van der Waals surface area contributed by atoms with Crippen LogP contribution in [0.2, 0.25) is 0 Å². The van der Waals surface area contributed by atoms with Gasteiger partial charge in [-0.2, -0.15) is 0 Å². The predicted molar refractivity (Wildman–Crippen MR) is 56.7 cm³/mol. The van der Waals surface area contributed by atoms with Crippen molar-refractivity contribution in [3.05, 3.63) is 36.1 Å². The first-order valence-electron chi connectivity index (χ1n) is 3.95. The van der Waals surface area contributed by atoms with Crippen LogP contribution in [0.25, 0.3) is 0 Å². The zero-order chi connectivity index (χ0) is 9.98. The molecular weight excluding hydrogens is 172 g/mol. The van der Waals surface area contributed by atoms with Gasteiger partial charge in [0.25, 0.3) is 0 Å². The fraction of sp³-hybridized carbons (Fsp3) is 0.400. The van der Waals surface area contributed by atoms with Crippen molar-refractivity contribution in [2.24, 2.45) is 0 Å². The minimum Gasteiger partial charge on any atom is -0.509 e. The minimum atomic E-state index is 0.0577. The molecule has 0 aromatic carbocycles. The predicted octanol–water partition coefficient (Wildman–Crippen LogP) is 3.83. The second kappa shape index (κ2) is 10.3. The van der Waals surface area contributed by atoms with Crippen molar-refractivity contribution in [2.75, 3.05) is 5.88 Å². The van der Waals surface area contributed by atoms with Gasteiger partial charge in [-0.1, -0.05) is 38.2 Å². The third-order valence-electron chi connectivity index (χ3n) is 0.938. The zero-order valence-corrected chi connectivity index (χ0v) is 8.73. The van der Waals surface area contributed by atoms with E-state index in [1.807, 2.05) is 26.8 Å². The standard InChI is InChI=1S/C8H11ClO.C2H6/c1-7(5-6-9)3-4-8(2)10;1-2/h3-5,10H,2,6H2,1H3;1-2H3/b4-3-,7-5-;. The van der Waals surface area contributed by atoms with E-state index < -0.39 is 0 Å². The SMILES string of the molecule is C=C(O)/C=C\C(C)=C/CCl.CC. The van der Waals surface area contributed by atoms with Crippen LogP contribution in [-0.4, -0.2) is 11.0 Å². The number of aliphatic hydroxyl groups excluding tert-OH is 1. The molecule has 0 rings (SSSR count). The molecule has 0 saturated heterocycles. The zero-order valence-electron chi connectivity index (χ0n) is 7.97. The minimum absolute atomic E-state index is 0.0577. The number of alkyl halides is 1. The fourth-order valence-electron chi connectivity index (χ4n) is 0.417. The van der Waals surface area contributed by atoms with Crippen LogP contribution >= 0.6 is 11.6 Å². The Labute approximate surface area is 80.1 Å². The average molecular weight is 189 g/mol. The highest BCUT2D eigenvalue weighted by Crippen LogP contribution is 1.97. The van der Waals surface area contributed by atoms with Crippen LogP contribution in [0.1, 0.15) is 20.8 Å². The van der Waals surface area contributed by atoms with Crippen LogP contribution in [0.5, 0.6) is 0 Å². The molecule has 0 aliphatic carbocycles. The summed E-state index contributed by atoms with van der Waals surface area (Å²) >= 11 is 5.42. The molecule has 0 fully saturated rings. The monoisotopic (exact) mass is 188 g/mol. The van der Waals surface area contributed by atoms with E-state index in [0.29, 0.717) is 5.88 Å². The third kappa shape index (κ3) is 12.0. The van der Waals surface area contributed by atoms with Gasteiger partial charge >= 0.3 is 0 Å². The molecule has 0 spiro atoms. The van der Waals surface area contributed by atoms with Crippen molar-refractivity contribution in [3.63, 3.8) is 0 Å². The van der Waals surface area contributed by atoms with Gasteiger partial charge < -0.3 is 5.11 Å². The Bertz CT molecular complexity index is 169. The molecule has 0 amide bonds. The third-order valence-corrected chi connectivity index (χ3v) is 1.09. The summed E-state index contributed by atoms with van der Waals surface area (Å²) < 4.78 is 0. The number of allylic oxidation sites excluding steroid dienone is 4. The lowest BCUT2D eigenvalue weighted by Gasteiger charge is -1.88. The molecule has 1 N–H and O–H groups in total. The molecule has 0 saturated carbocycles. The van der Waals surface area contributed by atoms with Crippen molar-refractivity contribution in [1.82, 2.24) is 0 Å². The Morgan fingerprint density at radius 3 is 2.25 bits per heavy atom. The van der Waals surface area contributed by atoms with E-state index in [1.165, 1.54) is 6.08 Å². The number of hydrogen-bond acceptors (Lipinski definition) is 1. The topological polar surface area (TPSA) is 20.2 Å². The first kappa shape index (κ1) is 13.9. The Balaban J connectivity index is 0. The highest BCUT2D eigenvalue weighted by molar-refractivity contribution is 6.18. The van der Waals surface area contributed by atoms with E-state index in [9.17, 15) is 0 Å². The molecule has 0 bridgehead atoms. The van der Waals surface area contributed by atoms with Crippen molar-refractivity contribution in [1.29, 1.82) is 0 Å². The average Bonchev–Trinajstić information content (AvgIpc) is 2.05. The first-order chi connectivity index (χ1) is 5.66. The van der Waals surface area contributed by atoms with Gasteiger partial charge in [0.15, 0.2) is 0 Å². The molecular formula is C10H17ClO. The number of hydrogen-bond donors (Lipinski definition) is 1. The van der Waals surface area contributed by atoms with Crippen LogP contribution in [0.3, 0.4) is 0 Å². The van der Waals surface area contributed by atoms with Crippen LogP contribution in [-0.2, 0) is 0 Å². The Kier molecular flexibility index (Phi) is 11.9. The molecule has 0 radical (unpaired) electrons. The molecule has 0 aromatic heterocycles. The molecule has 0 heterocycles. The Hall–Kier alpha value is -0.690. The van der Waals surface area contributed by atoms with Crippen LogP contribution in [0.15, 0.2) is 36.1 Å². The normalized spacial score (nSPS) is 10.8. The maximum absolute atomic E-state index is 8.63. The fourth-order valence-corrected chi connectivity index (χ4v) is 0.661. The van der Waals surface area contributed by atoms with Crippen LogP contribution in [0, 0.1) is 0 Å². The molecule has 12 heavy (non-hydrogen) atoms.